The van der Waals surface area contributed by atoms with E-state index in [1.807, 2.05) is 0 Å². The van der Waals surface area contributed by atoms with E-state index in [-0.39, 0.29) is 0 Å². The third kappa shape index (κ3) is 4.20. The van der Waals surface area contributed by atoms with E-state index in [2.05, 4.69) is 53.7 Å². The summed E-state index contributed by atoms with van der Waals surface area (Å²) in [6, 6.07) is 0. The first-order chi connectivity index (χ1) is 9.50. The molecule has 0 bridgehead atoms. The Morgan fingerprint density at radius 3 is 2.20 bits per heavy atom. The van der Waals surface area contributed by atoms with Gasteiger partial charge in [0.1, 0.15) is 0 Å². The van der Waals surface area contributed by atoms with Crippen LogP contribution in [0.2, 0.25) is 0 Å². The van der Waals surface area contributed by atoms with Crippen molar-refractivity contribution in [1.29, 1.82) is 0 Å². The van der Waals surface area contributed by atoms with Crippen LogP contribution in [0.3, 0.4) is 0 Å². The summed E-state index contributed by atoms with van der Waals surface area (Å²) in [5, 5.41) is 0. The summed E-state index contributed by atoms with van der Waals surface area (Å²) in [6.45, 7) is 15.0. The van der Waals surface area contributed by atoms with Gasteiger partial charge in [-0.15, -0.1) is 0 Å². The average molecular weight is 277 g/mol. The second-order valence-electron chi connectivity index (χ2n) is 6.89. The Kier molecular flexibility index (Phi) is 6.99. The lowest BCUT2D eigenvalue weighted by atomic mass is 9.63. The summed E-state index contributed by atoms with van der Waals surface area (Å²) in [4.78, 5) is 4.70. The first-order valence-electron chi connectivity index (χ1n) is 8.69. The fourth-order valence-electron chi connectivity index (χ4n) is 3.62. The molecule has 1 rings (SSSR count). The Bertz CT molecular complexity index is 332. The van der Waals surface area contributed by atoms with Crippen LogP contribution in [-0.2, 0) is 0 Å². The van der Waals surface area contributed by atoms with Gasteiger partial charge in [0, 0.05) is 18.2 Å². The summed E-state index contributed by atoms with van der Waals surface area (Å²) in [5.74, 6) is 2.29. The predicted molar refractivity (Wildman–Crippen MR) is 91.5 cm³/mol. The van der Waals surface area contributed by atoms with E-state index in [9.17, 15) is 0 Å². The number of allylic oxidation sites excluding steroid dienone is 1. The van der Waals surface area contributed by atoms with Crippen molar-refractivity contribution in [2.24, 2.45) is 28.2 Å². The van der Waals surface area contributed by atoms with Crippen molar-refractivity contribution in [2.45, 2.75) is 73.6 Å². The second-order valence-corrected chi connectivity index (χ2v) is 6.89. The maximum absolute atomic E-state index is 4.70. The number of hydrogen-bond donors (Lipinski definition) is 0. The third-order valence-corrected chi connectivity index (χ3v) is 5.91. The third-order valence-electron chi connectivity index (χ3n) is 5.91. The van der Waals surface area contributed by atoms with Crippen LogP contribution in [0.4, 0.5) is 0 Å². The molecule has 2 unspecified atom stereocenters. The van der Waals surface area contributed by atoms with E-state index in [1.54, 1.807) is 0 Å². The highest BCUT2D eigenvalue weighted by atomic mass is 14.7. The molecule has 0 N–H and O–H groups in total. The van der Waals surface area contributed by atoms with E-state index in [4.69, 9.17) is 4.99 Å². The van der Waals surface area contributed by atoms with Crippen molar-refractivity contribution < 1.29 is 0 Å². The largest absolute Gasteiger partial charge is 0.289 e. The Labute approximate surface area is 127 Å². The van der Waals surface area contributed by atoms with Crippen LogP contribution in [0, 0.1) is 23.2 Å². The molecule has 0 radical (unpaired) electrons. The minimum Gasteiger partial charge on any atom is -0.289 e. The first kappa shape index (κ1) is 17.5. The highest BCUT2D eigenvalue weighted by Crippen LogP contribution is 2.44. The Hall–Kier alpha value is -0.590. The molecule has 0 aromatic carbocycles. The lowest BCUT2D eigenvalue weighted by molar-refractivity contribution is 0.0991. The van der Waals surface area contributed by atoms with Crippen LogP contribution in [0.15, 0.2) is 17.1 Å². The van der Waals surface area contributed by atoms with Crippen LogP contribution in [0.25, 0.3) is 0 Å². The first-order valence-corrected chi connectivity index (χ1v) is 8.69. The highest BCUT2D eigenvalue weighted by molar-refractivity contribution is 5.93. The zero-order chi connectivity index (χ0) is 15.2. The summed E-state index contributed by atoms with van der Waals surface area (Å²) < 4.78 is 0. The molecule has 0 fully saturated rings. The molecule has 1 nitrogen and oxygen atoms in total. The van der Waals surface area contributed by atoms with Crippen molar-refractivity contribution in [1.82, 2.24) is 0 Å². The number of rotatable bonds is 8. The van der Waals surface area contributed by atoms with Crippen molar-refractivity contribution in [3.63, 3.8) is 0 Å². The molecule has 0 saturated carbocycles. The van der Waals surface area contributed by atoms with Gasteiger partial charge in [0.2, 0.25) is 0 Å². The number of nitrogens with zero attached hydrogens (tertiary/aromatic N) is 1. The van der Waals surface area contributed by atoms with Gasteiger partial charge in [-0.3, -0.25) is 4.99 Å². The molecule has 116 valence electrons. The molecule has 1 heterocycles. The van der Waals surface area contributed by atoms with Crippen LogP contribution in [-0.4, -0.2) is 12.3 Å². The molecule has 0 aliphatic carbocycles. The van der Waals surface area contributed by atoms with Crippen LogP contribution in [0.1, 0.15) is 73.6 Å². The molecule has 1 aliphatic heterocycles. The monoisotopic (exact) mass is 277 g/mol. The van der Waals surface area contributed by atoms with Gasteiger partial charge < -0.3 is 0 Å². The summed E-state index contributed by atoms with van der Waals surface area (Å²) >= 11 is 0. The summed E-state index contributed by atoms with van der Waals surface area (Å²) in [5.41, 5.74) is 1.65. The SMILES string of the molecule is CCC(CC)CC(C1C=CC(C)=NC1)C(C)(CC)CC. The molecule has 0 aromatic heterocycles. The maximum Gasteiger partial charge on any atom is 0.0458 e. The molecule has 0 saturated heterocycles. The van der Waals surface area contributed by atoms with Gasteiger partial charge in [-0.05, 0) is 36.7 Å². The van der Waals surface area contributed by atoms with Crippen LogP contribution in [0.5, 0.6) is 0 Å². The van der Waals surface area contributed by atoms with Gasteiger partial charge in [-0.25, -0.2) is 0 Å². The van der Waals surface area contributed by atoms with Crippen molar-refractivity contribution >= 4 is 5.71 Å². The van der Waals surface area contributed by atoms with Gasteiger partial charge >= 0.3 is 0 Å². The van der Waals surface area contributed by atoms with Crippen LogP contribution >= 0.6 is 0 Å². The standard InChI is InChI=1S/C19H35N/c1-7-16(8-2)13-18(19(6,9-3)10-4)17-12-11-15(5)20-14-17/h11-12,16-18H,7-10,13-14H2,1-6H3. The Balaban J connectivity index is 2.92. The number of hydrogen-bond acceptors (Lipinski definition) is 1. The van der Waals surface area contributed by atoms with Gasteiger partial charge in [0.05, 0.1) is 0 Å². The van der Waals surface area contributed by atoms with Gasteiger partial charge in [-0.1, -0.05) is 66.4 Å². The molecular weight excluding hydrogens is 242 g/mol. The minimum atomic E-state index is 0.457. The Morgan fingerprint density at radius 1 is 1.20 bits per heavy atom. The molecule has 0 aromatic rings. The number of aliphatic imine (C=N–C) groups is 1. The maximum atomic E-state index is 4.70. The smallest absolute Gasteiger partial charge is 0.0458 e. The molecule has 0 amide bonds. The van der Waals surface area contributed by atoms with Gasteiger partial charge in [-0.2, -0.15) is 0 Å². The molecule has 1 heteroatoms. The van der Waals surface area contributed by atoms with E-state index >= 15 is 0 Å². The van der Waals surface area contributed by atoms with Crippen molar-refractivity contribution in [3.8, 4) is 0 Å². The zero-order valence-corrected chi connectivity index (χ0v) is 14.6. The minimum absolute atomic E-state index is 0.457. The lowest BCUT2D eigenvalue weighted by Crippen LogP contribution is -2.35. The van der Waals surface area contributed by atoms with Gasteiger partial charge in [0.15, 0.2) is 0 Å². The fourth-order valence-corrected chi connectivity index (χ4v) is 3.62. The Morgan fingerprint density at radius 2 is 1.80 bits per heavy atom. The van der Waals surface area contributed by atoms with E-state index < -0.39 is 0 Å². The molecule has 0 spiro atoms. The quantitative estimate of drug-likeness (QED) is 0.523. The van der Waals surface area contributed by atoms with E-state index in [1.165, 1.54) is 37.8 Å². The van der Waals surface area contributed by atoms with Gasteiger partial charge in [0.25, 0.3) is 0 Å². The van der Waals surface area contributed by atoms with Crippen molar-refractivity contribution in [3.05, 3.63) is 12.2 Å². The molecule has 2 atom stereocenters. The predicted octanol–water partition coefficient (Wildman–Crippen LogP) is 5.90. The van der Waals surface area contributed by atoms with Crippen molar-refractivity contribution in [2.75, 3.05) is 6.54 Å². The summed E-state index contributed by atoms with van der Waals surface area (Å²) in [6.07, 6.45) is 11.2. The summed E-state index contributed by atoms with van der Waals surface area (Å²) in [7, 11) is 0. The number of dihydropyridines is 1. The van der Waals surface area contributed by atoms with E-state index in [0.717, 1.165) is 18.4 Å². The highest BCUT2D eigenvalue weighted by Gasteiger charge is 2.36. The zero-order valence-electron chi connectivity index (χ0n) is 14.6. The molecular formula is C19H35N. The molecule has 1 aliphatic rings. The normalized spacial score (nSPS) is 21.1. The second kappa shape index (κ2) is 8.00. The average Bonchev–Trinajstić information content (AvgIpc) is 2.49. The molecule has 20 heavy (non-hydrogen) atoms. The van der Waals surface area contributed by atoms with Crippen LogP contribution < -0.4 is 0 Å². The van der Waals surface area contributed by atoms with E-state index in [0.29, 0.717) is 11.3 Å². The topological polar surface area (TPSA) is 12.4 Å². The fraction of sp³-hybridized carbons (Fsp3) is 0.842. The lowest BCUT2D eigenvalue weighted by Gasteiger charge is -2.42.